The number of amides is 1. The molecule has 25 heavy (non-hydrogen) atoms. The van der Waals surface area contributed by atoms with Crippen molar-refractivity contribution in [2.75, 3.05) is 5.32 Å². The molecule has 0 saturated heterocycles. The maximum Gasteiger partial charge on any atom is 0.261 e. The van der Waals surface area contributed by atoms with Crippen LogP contribution in [0.3, 0.4) is 0 Å². The molecule has 3 rings (SSSR count). The molecule has 0 fully saturated rings. The summed E-state index contributed by atoms with van der Waals surface area (Å²) in [6, 6.07) is 8.80. The minimum Gasteiger partial charge on any atom is -0.324 e. The highest BCUT2D eigenvalue weighted by Gasteiger charge is 2.12. The zero-order valence-corrected chi connectivity index (χ0v) is 15.1. The summed E-state index contributed by atoms with van der Waals surface area (Å²) in [5.74, 6) is -0.315. The Kier molecular flexibility index (Phi) is 4.79. The van der Waals surface area contributed by atoms with Crippen LogP contribution in [0.25, 0.3) is 10.9 Å². The number of aromatic nitrogens is 2. The third-order valence-corrected chi connectivity index (χ3v) is 4.33. The lowest BCUT2D eigenvalue weighted by Gasteiger charge is -2.11. The maximum atomic E-state index is 12.6. The van der Waals surface area contributed by atoms with Gasteiger partial charge in [-0.05, 0) is 43.2 Å². The first kappa shape index (κ1) is 17.5. The molecule has 1 amide bonds. The zero-order chi connectivity index (χ0) is 18.1. The van der Waals surface area contributed by atoms with Crippen molar-refractivity contribution in [3.05, 3.63) is 68.2 Å². The summed E-state index contributed by atoms with van der Waals surface area (Å²) in [6.45, 7) is 3.70. The van der Waals surface area contributed by atoms with Crippen molar-refractivity contribution in [2.24, 2.45) is 0 Å². The van der Waals surface area contributed by atoms with Crippen LogP contribution in [0.15, 0.2) is 41.5 Å². The standard InChI is InChI=1S/C18H15Cl2N3O2/c1-10-3-4-11(2)15(5-10)22-16(24)8-23-9-21-17-13(18(23)25)6-12(19)7-14(17)20/h3-7,9H,8H2,1-2H3,(H,22,24). The van der Waals surface area contributed by atoms with Gasteiger partial charge in [0, 0.05) is 10.7 Å². The van der Waals surface area contributed by atoms with Crippen LogP contribution in [0.2, 0.25) is 10.0 Å². The number of hydrogen-bond acceptors (Lipinski definition) is 3. The number of fused-ring (bicyclic) bond motifs is 1. The van der Waals surface area contributed by atoms with Crippen LogP contribution in [-0.4, -0.2) is 15.5 Å². The number of nitrogens with one attached hydrogen (secondary N) is 1. The summed E-state index contributed by atoms with van der Waals surface area (Å²) < 4.78 is 1.23. The number of carbonyl (C=O) groups excluding carboxylic acids is 1. The number of halogens is 2. The predicted octanol–water partition coefficient (Wildman–Crippen LogP) is 3.96. The van der Waals surface area contributed by atoms with E-state index in [1.807, 2.05) is 32.0 Å². The van der Waals surface area contributed by atoms with E-state index in [9.17, 15) is 9.59 Å². The van der Waals surface area contributed by atoms with Gasteiger partial charge in [-0.3, -0.25) is 14.2 Å². The summed E-state index contributed by atoms with van der Waals surface area (Å²) in [4.78, 5) is 29.1. The number of anilines is 1. The molecule has 1 N–H and O–H groups in total. The van der Waals surface area contributed by atoms with E-state index in [1.54, 1.807) is 0 Å². The van der Waals surface area contributed by atoms with Gasteiger partial charge >= 0.3 is 0 Å². The van der Waals surface area contributed by atoms with Crippen molar-refractivity contribution in [3.8, 4) is 0 Å². The van der Waals surface area contributed by atoms with E-state index in [-0.39, 0.29) is 23.4 Å². The van der Waals surface area contributed by atoms with E-state index < -0.39 is 0 Å². The fraction of sp³-hybridized carbons (Fsp3) is 0.167. The first-order valence-electron chi connectivity index (χ1n) is 7.56. The van der Waals surface area contributed by atoms with Gasteiger partial charge in [-0.1, -0.05) is 35.3 Å². The van der Waals surface area contributed by atoms with Gasteiger partial charge in [0.05, 0.1) is 22.3 Å². The number of benzene rings is 2. The smallest absolute Gasteiger partial charge is 0.261 e. The monoisotopic (exact) mass is 375 g/mol. The second-order valence-electron chi connectivity index (χ2n) is 5.83. The number of hydrogen-bond donors (Lipinski definition) is 1. The third kappa shape index (κ3) is 3.67. The Balaban J connectivity index is 1.90. The van der Waals surface area contributed by atoms with Gasteiger partial charge in [-0.2, -0.15) is 0 Å². The largest absolute Gasteiger partial charge is 0.324 e. The van der Waals surface area contributed by atoms with Gasteiger partial charge in [-0.25, -0.2) is 4.98 Å². The van der Waals surface area contributed by atoms with E-state index in [0.717, 1.165) is 16.8 Å². The lowest BCUT2D eigenvalue weighted by molar-refractivity contribution is -0.116. The Bertz CT molecular complexity index is 1040. The Morgan fingerprint density at radius 2 is 1.96 bits per heavy atom. The van der Waals surface area contributed by atoms with Crippen LogP contribution in [0.1, 0.15) is 11.1 Å². The van der Waals surface area contributed by atoms with Gasteiger partial charge in [0.2, 0.25) is 5.91 Å². The van der Waals surface area contributed by atoms with Crippen LogP contribution >= 0.6 is 23.2 Å². The number of nitrogens with zero attached hydrogens (tertiary/aromatic N) is 2. The molecular weight excluding hydrogens is 361 g/mol. The molecule has 0 aliphatic heterocycles. The van der Waals surface area contributed by atoms with Crippen LogP contribution < -0.4 is 10.9 Å². The van der Waals surface area contributed by atoms with Crippen molar-refractivity contribution in [1.29, 1.82) is 0 Å². The summed E-state index contributed by atoms with van der Waals surface area (Å²) in [5, 5.41) is 3.74. The van der Waals surface area contributed by atoms with Crippen LogP contribution in [-0.2, 0) is 11.3 Å². The van der Waals surface area contributed by atoms with E-state index >= 15 is 0 Å². The molecule has 0 aliphatic carbocycles. The minimum atomic E-state index is -0.370. The Morgan fingerprint density at radius 1 is 1.20 bits per heavy atom. The van der Waals surface area contributed by atoms with E-state index in [0.29, 0.717) is 15.6 Å². The second kappa shape index (κ2) is 6.86. The molecular formula is C18H15Cl2N3O2. The highest BCUT2D eigenvalue weighted by Crippen LogP contribution is 2.24. The first-order chi connectivity index (χ1) is 11.8. The fourth-order valence-electron chi connectivity index (χ4n) is 2.52. The second-order valence-corrected chi connectivity index (χ2v) is 6.67. The quantitative estimate of drug-likeness (QED) is 0.753. The van der Waals surface area contributed by atoms with Gasteiger partial charge < -0.3 is 5.32 Å². The molecule has 5 nitrogen and oxygen atoms in total. The van der Waals surface area contributed by atoms with Gasteiger partial charge in [0.15, 0.2) is 0 Å². The molecule has 0 bridgehead atoms. The number of aryl methyl sites for hydroxylation is 2. The van der Waals surface area contributed by atoms with Crippen molar-refractivity contribution in [1.82, 2.24) is 9.55 Å². The molecule has 0 saturated carbocycles. The van der Waals surface area contributed by atoms with Gasteiger partial charge in [0.1, 0.15) is 6.54 Å². The van der Waals surface area contributed by atoms with Crippen molar-refractivity contribution in [3.63, 3.8) is 0 Å². The molecule has 0 radical (unpaired) electrons. The minimum absolute atomic E-state index is 0.153. The third-order valence-electron chi connectivity index (χ3n) is 3.83. The Labute approximate surface area is 154 Å². The van der Waals surface area contributed by atoms with Gasteiger partial charge in [0.25, 0.3) is 5.56 Å². The lowest BCUT2D eigenvalue weighted by atomic mass is 10.1. The highest BCUT2D eigenvalue weighted by molar-refractivity contribution is 6.38. The topological polar surface area (TPSA) is 64.0 Å². The van der Waals surface area contributed by atoms with Crippen molar-refractivity contribution >= 4 is 45.7 Å². The molecule has 128 valence electrons. The zero-order valence-electron chi connectivity index (χ0n) is 13.6. The summed E-state index contributed by atoms with van der Waals surface area (Å²) in [7, 11) is 0. The molecule has 0 spiro atoms. The molecule has 1 aromatic heterocycles. The molecule has 0 aliphatic rings. The average molecular weight is 376 g/mol. The molecule has 3 aromatic rings. The average Bonchev–Trinajstić information content (AvgIpc) is 2.54. The van der Waals surface area contributed by atoms with Crippen LogP contribution in [0.5, 0.6) is 0 Å². The van der Waals surface area contributed by atoms with Crippen molar-refractivity contribution in [2.45, 2.75) is 20.4 Å². The SMILES string of the molecule is Cc1ccc(C)c(NC(=O)Cn2cnc3c(Cl)cc(Cl)cc3c2=O)c1. The number of carbonyl (C=O) groups is 1. The Morgan fingerprint density at radius 3 is 2.72 bits per heavy atom. The van der Waals surface area contributed by atoms with Gasteiger partial charge in [-0.15, -0.1) is 0 Å². The van der Waals surface area contributed by atoms with E-state index in [4.69, 9.17) is 23.2 Å². The summed E-state index contributed by atoms with van der Waals surface area (Å²) >= 11 is 12.0. The fourth-order valence-corrected chi connectivity index (χ4v) is 3.06. The highest BCUT2D eigenvalue weighted by atomic mass is 35.5. The summed E-state index contributed by atoms with van der Waals surface area (Å²) in [6.07, 6.45) is 1.31. The van der Waals surface area contributed by atoms with Crippen LogP contribution in [0.4, 0.5) is 5.69 Å². The number of rotatable bonds is 3. The van der Waals surface area contributed by atoms with Crippen molar-refractivity contribution < 1.29 is 4.79 Å². The predicted molar refractivity (Wildman–Crippen MR) is 101 cm³/mol. The van der Waals surface area contributed by atoms with E-state index in [2.05, 4.69) is 10.3 Å². The van der Waals surface area contributed by atoms with Crippen LogP contribution in [0, 0.1) is 13.8 Å². The lowest BCUT2D eigenvalue weighted by Crippen LogP contribution is -2.28. The molecule has 1 heterocycles. The maximum absolute atomic E-state index is 12.6. The molecule has 0 atom stereocenters. The normalized spacial score (nSPS) is 10.9. The molecule has 7 heteroatoms. The first-order valence-corrected chi connectivity index (χ1v) is 8.32. The summed E-state index contributed by atoms with van der Waals surface area (Å²) in [5.41, 5.74) is 2.70. The van der Waals surface area contributed by atoms with E-state index in [1.165, 1.54) is 23.0 Å². The Hall–Kier alpha value is -2.37. The molecule has 0 unspecified atom stereocenters. The molecule has 2 aromatic carbocycles.